The molecule has 0 radical (unpaired) electrons. The smallest absolute Gasteiger partial charge is 0.303 e. The number of carboxylic acid groups (broad SMARTS) is 1. The summed E-state index contributed by atoms with van der Waals surface area (Å²) in [4.78, 5) is 10.4. The molecule has 0 bridgehead atoms. The molecular formula is C24H40O2. The number of unbranched alkanes of at least 4 members (excludes halogenated alkanes) is 14. The van der Waals surface area contributed by atoms with Crippen LogP contribution < -0.4 is 0 Å². The van der Waals surface area contributed by atoms with E-state index in [1.165, 1.54) is 95.5 Å². The fourth-order valence-electron chi connectivity index (χ4n) is 3.55. The third-order valence-electron chi connectivity index (χ3n) is 5.20. The molecule has 0 saturated heterocycles. The summed E-state index contributed by atoms with van der Waals surface area (Å²) in [6, 6.07) is 10.8. The normalized spacial score (nSPS) is 10.9. The second-order valence-corrected chi connectivity index (χ2v) is 7.68. The molecule has 2 heteroatoms. The highest BCUT2D eigenvalue weighted by molar-refractivity contribution is 5.66. The van der Waals surface area contributed by atoms with E-state index in [1.54, 1.807) is 0 Å². The van der Waals surface area contributed by atoms with Crippen LogP contribution in [0, 0.1) is 0 Å². The van der Waals surface area contributed by atoms with Crippen molar-refractivity contribution in [2.75, 3.05) is 0 Å². The van der Waals surface area contributed by atoms with Gasteiger partial charge < -0.3 is 5.11 Å². The van der Waals surface area contributed by atoms with E-state index in [1.807, 2.05) is 0 Å². The zero-order valence-electron chi connectivity index (χ0n) is 16.8. The van der Waals surface area contributed by atoms with Crippen LogP contribution in [-0.4, -0.2) is 11.1 Å². The van der Waals surface area contributed by atoms with Gasteiger partial charge in [0.15, 0.2) is 0 Å². The third kappa shape index (κ3) is 15.0. The monoisotopic (exact) mass is 360 g/mol. The van der Waals surface area contributed by atoms with Crippen LogP contribution in [0.5, 0.6) is 0 Å². The van der Waals surface area contributed by atoms with Gasteiger partial charge in [-0.05, 0) is 24.8 Å². The van der Waals surface area contributed by atoms with Crippen molar-refractivity contribution in [1.82, 2.24) is 0 Å². The molecular weight excluding hydrogens is 320 g/mol. The molecule has 0 aliphatic rings. The summed E-state index contributed by atoms with van der Waals surface area (Å²) in [5.41, 5.74) is 1.48. The molecule has 0 aliphatic carbocycles. The lowest BCUT2D eigenvalue weighted by molar-refractivity contribution is -0.137. The van der Waals surface area contributed by atoms with E-state index in [0.717, 1.165) is 12.8 Å². The number of aliphatic carboxylic acids is 1. The van der Waals surface area contributed by atoms with Gasteiger partial charge >= 0.3 is 5.97 Å². The van der Waals surface area contributed by atoms with Gasteiger partial charge in [-0.3, -0.25) is 4.79 Å². The van der Waals surface area contributed by atoms with E-state index in [9.17, 15) is 4.79 Å². The van der Waals surface area contributed by atoms with Gasteiger partial charge in [-0.1, -0.05) is 114 Å². The quantitative estimate of drug-likeness (QED) is 0.274. The van der Waals surface area contributed by atoms with Crippen LogP contribution in [0.15, 0.2) is 30.3 Å². The van der Waals surface area contributed by atoms with Crippen molar-refractivity contribution in [1.29, 1.82) is 0 Å². The molecule has 1 rings (SSSR count). The van der Waals surface area contributed by atoms with Crippen LogP contribution in [0.4, 0.5) is 0 Å². The molecule has 0 heterocycles. The van der Waals surface area contributed by atoms with Crippen molar-refractivity contribution in [2.24, 2.45) is 0 Å². The first-order valence-electron chi connectivity index (χ1n) is 11.0. The summed E-state index contributed by atoms with van der Waals surface area (Å²) in [6.45, 7) is 0. The fraction of sp³-hybridized carbons (Fsp3) is 0.708. The van der Waals surface area contributed by atoms with Crippen molar-refractivity contribution in [3.63, 3.8) is 0 Å². The molecule has 0 spiro atoms. The molecule has 148 valence electrons. The molecule has 26 heavy (non-hydrogen) atoms. The second-order valence-electron chi connectivity index (χ2n) is 7.68. The Kier molecular flexibility index (Phi) is 15.0. The van der Waals surface area contributed by atoms with Gasteiger partial charge in [0.1, 0.15) is 0 Å². The Bertz CT molecular complexity index is 427. The molecule has 0 atom stereocenters. The van der Waals surface area contributed by atoms with E-state index < -0.39 is 5.97 Å². The third-order valence-corrected chi connectivity index (χ3v) is 5.20. The zero-order valence-corrected chi connectivity index (χ0v) is 16.8. The number of benzene rings is 1. The lowest BCUT2D eigenvalue weighted by Crippen LogP contribution is -1.93. The molecule has 0 aliphatic heterocycles. The van der Waals surface area contributed by atoms with E-state index in [0.29, 0.717) is 6.42 Å². The van der Waals surface area contributed by atoms with Gasteiger partial charge in [-0.15, -0.1) is 0 Å². The molecule has 1 aromatic rings. The maximum atomic E-state index is 10.4. The Hall–Kier alpha value is -1.31. The summed E-state index contributed by atoms with van der Waals surface area (Å²) in [6.07, 6.45) is 21.2. The van der Waals surface area contributed by atoms with Crippen molar-refractivity contribution in [3.8, 4) is 0 Å². The summed E-state index contributed by atoms with van der Waals surface area (Å²) < 4.78 is 0. The first-order valence-corrected chi connectivity index (χ1v) is 11.0. The fourth-order valence-corrected chi connectivity index (χ4v) is 3.55. The minimum Gasteiger partial charge on any atom is -0.481 e. The highest BCUT2D eigenvalue weighted by atomic mass is 16.4. The van der Waals surface area contributed by atoms with Crippen molar-refractivity contribution in [2.45, 2.75) is 109 Å². The molecule has 2 nitrogen and oxygen atoms in total. The number of hydrogen-bond acceptors (Lipinski definition) is 1. The first-order chi connectivity index (χ1) is 12.8. The highest BCUT2D eigenvalue weighted by Gasteiger charge is 1.97. The van der Waals surface area contributed by atoms with Crippen LogP contribution in [0.25, 0.3) is 0 Å². The molecule has 0 aromatic heterocycles. The summed E-state index contributed by atoms with van der Waals surface area (Å²) >= 11 is 0. The van der Waals surface area contributed by atoms with Gasteiger partial charge in [0.05, 0.1) is 0 Å². The highest BCUT2D eigenvalue weighted by Crippen LogP contribution is 2.14. The maximum Gasteiger partial charge on any atom is 0.303 e. The van der Waals surface area contributed by atoms with E-state index in [4.69, 9.17) is 5.11 Å². The van der Waals surface area contributed by atoms with Crippen molar-refractivity contribution in [3.05, 3.63) is 35.9 Å². The van der Waals surface area contributed by atoms with E-state index >= 15 is 0 Å². The van der Waals surface area contributed by atoms with E-state index in [-0.39, 0.29) is 0 Å². The Balaban J connectivity index is 1.70. The Morgan fingerprint density at radius 3 is 1.38 bits per heavy atom. The van der Waals surface area contributed by atoms with Crippen molar-refractivity contribution < 1.29 is 9.90 Å². The van der Waals surface area contributed by atoms with Gasteiger partial charge in [0.25, 0.3) is 0 Å². The predicted molar refractivity (Wildman–Crippen MR) is 112 cm³/mol. The number of carbonyl (C=O) groups is 1. The number of hydrogen-bond donors (Lipinski definition) is 1. The molecule has 0 unspecified atom stereocenters. The Morgan fingerprint density at radius 2 is 0.962 bits per heavy atom. The minimum atomic E-state index is -0.655. The average Bonchev–Trinajstić information content (AvgIpc) is 2.65. The maximum absolute atomic E-state index is 10.4. The lowest BCUT2D eigenvalue weighted by Gasteiger charge is -2.04. The molecule has 1 aromatic carbocycles. The second kappa shape index (κ2) is 17.1. The van der Waals surface area contributed by atoms with Gasteiger partial charge in [-0.25, -0.2) is 0 Å². The van der Waals surface area contributed by atoms with Crippen LogP contribution >= 0.6 is 0 Å². The zero-order chi connectivity index (χ0) is 18.7. The summed E-state index contributed by atoms with van der Waals surface area (Å²) in [5.74, 6) is -0.655. The first kappa shape index (κ1) is 22.7. The van der Waals surface area contributed by atoms with Gasteiger partial charge in [-0.2, -0.15) is 0 Å². The summed E-state index contributed by atoms with van der Waals surface area (Å²) in [7, 11) is 0. The van der Waals surface area contributed by atoms with Crippen LogP contribution in [0.3, 0.4) is 0 Å². The van der Waals surface area contributed by atoms with E-state index in [2.05, 4.69) is 30.3 Å². The number of aryl methyl sites for hydroxylation is 1. The van der Waals surface area contributed by atoms with Crippen LogP contribution in [0.2, 0.25) is 0 Å². The van der Waals surface area contributed by atoms with Crippen LogP contribution in [0.1, 0.15) is 108 Å². The number of rotatable bonds is 18. The largest absolute Gasteiger partial charge is 0.481 e. The SMILES string of the molecule is O=C(O)CCCCCCCCCCCCCCCCCc1ccccc1. The topological polar surface area (TPSA) is 37.3 Å². The average molecular weight is 361 g/mol. The van der Waals surface area contributed by atoms with Crippen LogP contribution in [-0.2, 0) is 11.2 Å². The standard InChI is InChI=1S/C24H40O2/c25-24(26)22-18-13-11-9-7-5-3-1-2-4-6-8-10-12-15-19-23-20-16-14-17-21-23/h14,16-17,20-21H,1-13,15,18-19,22H2,(H,25,26). The Labute approximate surface area is 161 Å². The molecule has 0 fully saturated rings. The molecule has 1 N–H and O–H groups in total. The molecule has 0 amide bonds. The Morgan fingerprint density at radius 1 is 0.577 bits per heavy atom. The summed E-state index contributed by atoms with van der Waals surface area (Å²) in [5, 5.41) is 8.57. The van der Waals surface area contributed by atoms with Crippen molar-refractivity contribution >= 4 is 5.97 Å². The molecule has 0 saturated carbocycles. The predicted octanol–water partition coefficient (Wildman–Crippen LogP) is 7.56. The van der Waals surface area contributed by atoms with Gasteiger partial charge in [0, 0.05) is 6.42 Å². The minimum absolute atomic E-state index is 0.340. The number of carboxylic acids is 1. The van der Waals surface area contributed by atoms with Gasteiger partial charge in [0.2, 0.25) is 0 Å². The lowest BCUT2D eigenvalue weighted by atomic mass is 10.0.